The minimum absolute atomic E-state index is 0.0943. The van der Waals surface area contributed by atoms with Crippen LogP contribution < -0.4 is 15.8 Å². The van der Waals surface area contributed by atoms with Crippen LogP contribution in [0.4, 0.5) is 0 Å². The van der Waals surface area contributed by atoms with E-state index < -0.39 is 0 Å². The molecule has 0 radical (unpaired) electrons. The molecule has 20 heavy (non-hydrogen) atoms. The van der Waals surface area contributed by atoms with Crippen LogP contribution in [0.15, 0.2) is 6.07 Å². The first-order chi connectivity index (χ1) is 9.67. The largest absolute Gasteiger partial charge is 0.480 e. The lowest BCUT2D eigenvalue weighted by molar-refractivity contribution is 0.0933. The number of nitrogens with zero attached hydrogens (tertiary/aromatic N) is 1. The molecule has 1 heterocycles. The van der Waals surface area contributed by atoms with Gasteiger partial charge in [0, 0.05) is 17.8 Å². The van der Waals surface area contributed by atoms with E-state index in [1.165, 1.54) is 5.56 Å². The van der Waals surface area contributed by atoms with Gasteiger partial charge in [-0.2, -0.15) is 0 Å². The van der Waals surface area contributed by atoms with E-state index in [-0.39, 0.29) is 18.0 Å². The van der Waals surface area contributed by atoms with Crippen molar-refractivity contribution in [2.24, 2.45) is 5.73 Å². The fourth-order valence-electron chi connectivity index (χ4n) is 3.18. The van der Waals surface area contributed by atoms with Crippen molar-refractivity contribution in [1.82, 2.24) is 10.3 Å². The highest BCUT2D eigenvalue weighted by Gasteiger charge is 2.26. The van der Waals surface area contributed by atoms with Gasteiger partial charge in [0.05, 0.1) is 7.11 Å². The lowest BCUT2D eigenvalue weighted by Crippen LogP contribution is -2.34. The van der Waals surface area contributed by atoms with Crippen LogP contribution in [0.3, 0.4) is 0 Å². The van der Waals surface area contributed by atoms with Crippen molar-refractivity contribution in [2.75, 3.05) is 7.11 Å². The molecule has 2 aliphatic rings. The van der Waals surface area contributed by atoms with E-state index in [0.717, 1.165) is 44.2 Å². The summed E-state index contributed by atoms with van der Waals surface area (Å²) in [5, 5.41) is 3.05. The summed E-state index contributed by atoms with van der Waals surface area (Å²) in [4.78, 5) is 16.9. The fourth-order valence-corrected chi connectivity index (χ4v) is 3.18. The Morgan fingerprint density at radius 1 is 1.45 bits per heavy atom. The first-order valence-electron chi connectivity index (χ1n) is 7.30. The molecule has 1 aromatic rings. The van der Waals surface area contributed by atoms with E-state index in [0.29, 0.717) is 11.4 Å². The number of nitrogens with two attached hydrogens (primary N) is 1. The highest BCUT2D eigenvalue weighted by molar-refractivity contribution is 5.96. The molecule has 0 unspecified atom stereocenters. The highest BCUT2D eigenvalue weighted by atomic mass is 16.5. The van der Waals surface area contributed by atoms with Gasteiger partial charge in [0.25, 0.3) is 5.91 Å². The van der Waals surface area contributed by atoms with Gasteiger partial charge < -0.3 is 15.8 Å². The van der Waals surface area contributed by atoms with E-state index >= 15 is 0 Å². The summed E-state index contributed by atoms with van der Waals surface area (Å²) in [5.41, 5.74) is 8.68. The van der Waals surface area contributed by atoms with Crippen LogP contribution in [0.1, 0.15) is 47.3 Å². The van der Waals surface area contributed by atoms with Gasteiger partial charge in [-0.1, -0.05) is 0 Å². The Kier molecular flexibility index (Phi) is 3.61. The number of ether oxygens (including phenoxy) is 1. The minimum Gasteiger partial charge on any atom is -0.480 e. The zero-order valence-electron chi connectivity index (χ0n) is 11.8. The molecular formula is C15H21N3O2. The second kappa shape index (κ2) is 5.40. The molecule has 2 atom stereocenters. The number of carbonyl (C=O) groups is 1. The average molecular weight is 275 g/mol. The topological polar surface area (TPSA) is 77.2 Å². The number of amides is 1. The molecule has 0 aliphatic heterocycles. The number of hydrogen-bond donors (Lipinski definition) is 2. The Bertz CT molecular complexity index is 530. The summed E-state index contributed by atoms with van der Waals surface area (Å²) in [6, 6.07) is 2.33. The van der Waals surface area contributed by atoms with E-state index in [1.54, 1.807) is 7.11 Å². The standard InChI is InChI=1S/C15H21N3O2/c1-20-15-12(7-9-3-2-4-13(9)18-15)14(19)17-11-6-5-10(16)8-11/h7,10-11H,2-6,8,16H2,1H3,(H,17,19)/t10-,11-/m1/s1. The molecule has 108 valence electrons. The Labute approximate surface area is 118 Å². The first-order valence-corrected chi connectivity index (χ1v) is 7.30. The summed E-state index contributed by atoms with van der Waals surface area (Å²) in [5.74, 6) is 0.341. The average Bonchev–Trinajstić information content (AvgIpc) is 3.05. The third kappa shape index (κ3) is 2.50. The van der Waals surface area contributed by atoms with Gasteiger partial charge in [-0.05, 0) is 50.2 Å². The van der Waals surface area contributed by atoms with Crippen LogP contribution in [0.5, 0.6) is 5.88 Å². The van der Waals surface area contributed by atoms with Gasteiger partial charge in [0.1, 0.15) is 5.56 Å². The molecule has 1 saturated carbocycles. The number of nitrogens with one attached hydrogen (secondary N) is 1. The zero-order chi connectivity index (χ0) is 14.1. The number of rotatable bonds is 3. The van der Waals surface area contributed by atoms with Gasteiger partial charge in [0.15, 0.2) is 0 Å². The second-order valence-corrected chi connectivity index (χ2v) is 5.75. The van der Waals surface area contributed by atoms with Crippen molar-refractivity contribution in [2.45, 2.75) is 50.6 Å². The quantitative estimate of drug-likeness (QED) is 0.868. The highest BCUT2D eigenvalue weighted by Crippen LogP contribution is 2.27. The number of fused-ring (bicyclic) bond motifs is 1. The smallest absolute Gasteiger partial charge is 0.256 e. The minimum atomic E-state index is -0.0943. The van der Waals surface area contributed by atoms with E-state index in [1.807, 2.05) is 6.07 Å². The summed E-state index contributed by atoms with van der Waals surface area (Å²) in [7, 11) is 1.56. The maximum absolute atomic E-state index is 12.4. The number of aromatic nitrogens is 1. The van der Waals surface area contributed by atoms with E-state index in [4.69, 9.17) is 10.5 Å². The summed E-state index contributed by atoms with van der Waals surface area (Å²) < 4.78 is 5.28. The summed E-state index contributed by atoms with van der Waals surface area (Å²) >= 11 is 0. The lowest BCUT2D eigenvalue weighted by atomic mass is 10.1. The predicted octanol–water partition coefficient (Wildman–Crippen LogP) is 1.19. The number of pyridine rings is 1. The van der Waals surface area contributed by atoms with Gasteiger partial charge in [0.2, 0.25) is 5.88 Å². The van der Waals surface area contributed by atoms with Crippen LogP contribution in [0, 0.1) is 0 Å². The van der Waals surface area contributed by atoms with Gasteiger partial charge in [-0.3, -0.25) is 4.79 Å². The maximum atomic E-state index is 12.4. The van der Waals surface area contributed by atoms with Crippen LogP contribution in [-0.4, -0.2) is 30.1 Å². The van der Waals surface area contributed by atoms with Gasteiger partial charge >= 0.3 is 0 Å². The van der Waals surface area contributed by atoms with Gasteiger partial charge in [-0.15, -0.1) is 0 Å². The summed E-state index contributed by atoms with van der Waals surface area (Å²) in [6.07, 6.45) is 5.87. The van der Waals surface area contributed by atoms with Gasteiger partial charge in [-0.25, -0.2) is 4.98 Å². The van der Waals surface area contributed by atoms with Crippen LogP contribution in [0.25, 0.3) is 0 Å². The lowest BCUT2D eigenvalue weighted by Gasteiger charge is -2.15. The Morgan fingerprint density at radius 2 is 2.30 bits per heavy atom. The number of aryl methyl sites for hydroxylation is 2. The fraction of sp³-hybridized carbons (Fsp3) is 0.600. The van der Waals surface area contributed by atoms with Crippen molar-refractivity contribution in [3.63, 3.8) is 0 Å². The van der Waals surface area contributed by atoms with Crippen molar-refractivity contribution >= 4 is 5.91 Å². The normalized spacial score (nSPS) is 24.5. The monoisotopic (exact) mass is 275 g/mol. The van der Waals surface area contributed by atoms with Crippen LogP contribution >= 0.6 is 0 Å². The maximum Gasteiger partial charge on any atom is 0.256 e. The SMILES string of the molecule is COc1nc2c(cc1C(=O)N[C@@H]1CC[C@@H](N)C1)CCC2. The number of carbonyl (C=O) groups excluding carboxylic acids is 1. The third-order valence-electron chi connectivity index (χ3n) is 4.26. The molecule has 3 rings (SSSR count). The van der Waals surface area contributed by atoms with Crippen LogP contribution in [-0.2, 0) is 12.8 Å². The molecule has 1 aromatic heterocycles. The molecular weight excluding hydrogens is 254 g/mol. The molecule has 0 saturated heterocycles. The summed E-state index contributed by atoms with van der Waals surface area (Å²) in [6.45, 7) is 0. The van der Waals surface area contributed by atoms with E-state index in [2.05, 4.69) is 10.3 Å². The Balaban J connectivity index is 1.80. The van der Waals surface area contributed by atoms with Crippen molar-refractivity contribution < 1.29 is 9.53 Å². The molecule has 3 N–H and O–H groups in total. The third-order valence-corrected chi connectivity index (χ3v) is 4.26. The Hall–Kier alpha value is -1.62. The number of methoxy groups -OCH3 is 1. The molecule has 0 spiro atoms. The Morgan fingerprint density at radius 3 is 3.00 bits per heavy atom. The predicted molar refractivity (Wildman–Crippen MR) is 75.9 cm³/mol. The molecule has 5 nitrogen and oxygen atoms in total. The molecule has 1 fully saturated rings. The van der Waals surface area contributed by atoms with Crippen molar-refractivity contribution in [3.8, 4) is 5.88 Å². The van der Waals surface area contributed by atoms with Crippen molar-refractivity contribution in [1.29, 1.82) is 0 Å². The molecule has 0 aromatic carbocycles. The van der Waals surface area contributed by atoms with Crippen LogP contribution in [0.2, 0.25) is 0 Å². The number of hydrogen-bond acceptors (Lipinski definition) is 4. The molecule has 1 amide bonds. The first kappa shape index (κ1) is 13.4. The zero-order valence-corrected chi connectivity index (χ0v) is 11.8. The molecule has 5 heteroatoms. The second-order valence-electron chi connectivity index (χ2n) is 5.75. The van der Waals surface area contributed by atoms with Crippen molar-refractivity contribution in [3.05, 3.63) is 22.9 Å². The molecule has 0 bridgehead atoms. The van der Waals surface area contributed by atoms with E-state index in [9.17, 15) is 4.79 Å². The molecule has 2 aliphatic carbocycles.